The number of aliphatic hydroxyl groups is 1. The van der Waals surface area contributed by atoms with Crippen LogP contribution >= 0.6 is 0 Å². The zero-order chi connectivity index (χ0) is 15.9. The van der Waals surface area contributed by atoms with E-state index in [1.165, 1.54) is 12.3 Å². The molecular weight excluding hydrogens is 280 g/mol. The van der Waals surface area contributed by atoms with E-state index in [9.17, 15) is 19.5 Å². The van der Waals surface area contributed by atoms with Crippen molar-refractivity contribution < 1.29 is 29.0 Å². The van der Waals surface area contributed by atoms with Crippen LogP contribution < -0.4 is 10.6 Å². The number of furan rings is 1. The van der Waals surface area contributed by atoms with Gasteiger partial charge in [-0.05, 0) is 25.5 Å². The van der Waals surface area contributed by atoms with E-state index >= 15 is 0 Å². The number of aliphatic carboxylic acids is 1. The molecule has 0 spiro atoms. The fraction of sp³-hybridized carbons (Fsp3) is 0.462. The minimum absolute atomic E-state index is 0.105. The summed E-state index contributed by atoms with van der Waals surface area (Å²) in [6, 6.07) is 3.12. The van der Waals surface area contributed by atoms with E-state index in [0.717, 1.165) is 6.92 Å². The zero-order valence-corrected chi connectivity index (χ0v) is 11.6. The SMILES string of the molecule is CC(O)(CNC(=O)CCCNC(=O)c1ccco1)C(=O)O. The van der Waals surface area contributed by atoms with E-state index in [-0.39, 0.29) is 31.2 Å². The van der Waals surface area contributed by atoms with Gasteiger partial charge >= 0.3 is 5.97 Å². The van der Waals surface area contributed by atoms with Crippen LogP contribution in [0.2, 0.25) is 0 Å². The lowest BCUT2D eigenvalue weighted by atomic mass is 10.1. The van der Waals surface area contributed by atoms with Crippen LogP contribution in [0, 0.1) is 0 Å². The van der Waals surface area contributed by atoms with Crippen molar-refractivity contribution in [2.75, 3.05) is 13.1 Å². The Bertz CT molecular complexity index is 495. The van der Waals surface area contributed by atoms with E-state index in [2.05, 4.69) is 10.6 Å². The van der Waals surface area contributed by atoms with Crippen LogP contribution in [0.15, 0.2) is 22.8 Å². The van der Waals surface area contributed by atoms with Crippen LogP contribution in [-0.4, -0.2) is 46.7 Å². The molecule has 8 nitrogen and oxygen atoms in total. The Morgan fingerprint density at radius 3 is 2.62 bits per heavy atom. The third kappa shape index (κ3) is 5.65. The van der Waals surface area contributed by atoms with Crippen molar-refractivity contribution >= 4 is 17.8 Å². The van der Waals surface area contributed by atoms with Gasteiger partial charge < -0.3 is 25.3 Å². The number of carbonyl (C=O) groups is 3. The summed E-state index contributed by atoms with van der Waals surface area (Å²) in [7, 11) is 0. The molecule has 0 saturated carbocycles. The molecule has 0 aliphatic rings. The Balaban J connectivity index is 2.17. The lowest BCUT2D eigenvalue weighted by Gasteiger charge is -2.18. The first-order valence-corrected chi connectivity index (χ1v) is 6.37. The summed E-state index contributed by atoms with van der Waals surface area (Å²) in [5, 5.41) is 23.0. The molecule has 1 atom stereocenters. The Kier molecular flexibility index (Phi) is 5.92. The number of hydrogen-bond donors (Lipinski definition) is 4. The summed E-state index contributed by atoms with van der Waals surface area (Å²) in [5.74, 6) is -1.98. The van der Waals surface area contributed by atoms with Gasteiger partial charge in [0.25, 0.3) is 5.91 Å². The van der Waals surface area contributed by atoms with Crippen molar-refractivity contribution in [1.29, 1.82) is 0 Å². The van der Waals surface area contributed by atoms with E-state index in [1.54, 1.807) is 6.07 Å². The number of nitrogens with one attached hydrogen (secondary N) is 2. The number of hydrogen-bond acceptors (Lipinski definition) is 5. The van der Waals surface area contributed by atoms with Gasteiger partial charge in [-0.1, -0.05) is 0 Å². The molecule has 1 aromatic heterocycles. The van der Waals surface area contributed by atoms with Crippen LogP contribution in [0.1, 0.15) is 30.3 Å². The molecule has 0 radical (unpaired) electrons. The topological polar surface area (TPSA) is 129 Å². The molecule has 0 fully saturated rings. The third-order valence-corrected chi connectivity index (χ3v) is 2.70. The molecule has 1 rings (SSSR count). The summed E-state index contributed by atoms with van der Waals surface area (Å²) >= 11 is 0. The van der Waals surface area contributed by atoms with Gasteiger partial charge in [0.05, 0.1) is 12.8 Å². The molecular formula is C13H18N2O6. The van der Waals surface area contributed by atoms with E-state index in [0.29, 0.717) is 6.42 Å². The smallest absolute Gasteiger partial charge is 0.337 e. The number of amides is 2. The zero-order valence-electron chi connectivity index (χ0n) is 11.6. The van der Waals surface area contributed by atoms with Crippen molar-refractivity contribution in [3.63, 3.8) is 0 Å². The summed E-state index contributed by atoms with van der Waals surface area (Å²) < 4.78 is 4.90. The quantitative estimate of drug-likeness (QED) is 0.489. The molecule has 1 unspecified atom stereocenters. The highest BCUT2D eigenvalue weighted by Crippen LogP contribution is 2.02. The molecule has 0 bridgehead atoms. The van der Waals surface area contributed by atoms with Crippen molar-refractivity contribution in [1.82, 2.24) is 10.6 Å². The highest BCUT2D eigenvalue weighted by molar-refractivity contribution is 5.91. The van der Waals surface area contributed by atoms with E-state index < -0.39 is 17.5 Å². The van der Waals surface area contributed by atoms with Gasteiger partial charge in [-0.15, -0.1) is 0 Å². The summed E-state index contributed by atoms with van der Waals surface area (Å²) in [5.41, 5.74) is -2.00. The van der Waals surface area contributed by atoms with Gasteiger partial charge in [0, 0.05) is 13.0 Å². The van der Waals surface area contributed by atoms with Crippen molar-refractivity contribution in [2.45, 2.75) is 25.4 Å². The molecule has 0 aromatic carbocycles. The van der Waals surface area contributed by atoms with Gasteiger partial charge in [-0.2, -0.15) is 0 Å². The molecule has 21 heavy (non-hydrogen) atoms. The molecule has 1 aromatic rings. The molecule has 2 amide bonds. The van der Waals surface area contributed by atoms with Crippen molar-refractivity contribution in [3.05, 3.63) is 24.2 Å². The lowest BCUT2D eigenvalue weighted by molar-refractivity contribution is -0.156. The maximum atomic E-state index is 11.5. The fourth-order valence-corrected chi connectivity index (χ4v) is 1.38. The van der Waals surface area contributed by atoms with E-state index in [1.807, 2.05) is 0 Å². The second-order valence-electron chi connectivity index (χ2n) is 4.69. The monoisotopic (exact) mass is 298 g/mol. The van der Waals surface area contributed by atoms with Gasteiger partial charge in [0.1, 0.15) is 0 Å². The number of carboxylic acid groups (broad SMARTS) is 1. The lowest BCUT2D eigenvalue weighted by Crippen LogP contribution is -2.46. The van der Waals surface area contributed by atoms with Gasteiger partial charge in [0.2, 0.25) is 5.91 Å². The molecule has 0 aliphatic heterocycles. The maximum Gasteiger partial charge on any atom is 0.337 e. The largest absolute Gasteiger partial charge is 0.479 e. The first-order valence-electron chi connectivity index (χ1n) is 6.37. The summed E-state index contributed by atoms with van der Waals surface area (Å²) in [6.07, 6.45) is 1.87. The Labute approximate surface area is 121 Å². The van der Waals surface area contributed by atoms with Crippen LogP contribution in [0.5, 0.6) is 0 Å². The molecule has 116 valence electrons. The maximum absolute atomic E-state index is 11.5. The molecule has 8 heteroatoms. The van der Waals surface area contributed by atoms with Crippen LogP contribution in [0.4, 0.5) is 0 Å². The Morgan fingerprint density at radius 1 is 1.33 bits per heavy atom. The van der Waals surface area contributed by atoms with Crippen LogP contribution in [-0.2, 0) is 9.59 Å². The standard InChI is InChI=1S/C13H18N2O6/c1-13(20,12(18)19)8-15-10(16)5-2-6-14-11(17)9-4-3-7-21-9/h3-4,7,20H,2,5-6,8H2,1H3,(H,14,17)(H,15,16)(H,18,19). The number of carbonyl (C=O) groups excluding carboxylic acids is 2. The molecule has 0 saturated heterocycles. The minimum Gasteiger partial charge on any atom is -0.479 e. The van der Waals surface area contributed by atoms with Crippen molar-refractivity contribution in [3.8, 4) is 0 Å². The average molecular weight is 298 g/mol. The number of rotatable bonds is 8. The van der Waals surface area contributed by atoms with Crippen molar-refractivity contribution in [2.24, 2.45) is 0 Å². The number of carboxylic acids is 1. The van der Waals surface area contributed by atoms with Crippen LogP contribution in [0.25, 0.3) is 0 Å². The van der Waals surface area contributed by atoms with Crippen LogP contribution in [0.3, 0.4) is 0 Å². The molecule has 4 N–H and O–H groups in total. The third-order valence-electron chi connectivity index (χ3n) is 2.70. The highest BCUT2D eigenvalue weighted by atomic mass is 16.4. The predicted molar refractivity (Wildman–Crippen MR) is 71.5 cm³/mol. The van der Waals surface area contributed by atoms with E-state index in [4.69, 9.17) is 9.52 Å². The first-order chi connectivity index (χ1) is 9.83. The normalized spacial score (nSPS) is 13.2. The first kappa shape index (κ1) is 16.7. The Morgan fingerprint density at radius 2 is 2.05 bits per heavy atom. The summed E-state index contributed by atoms with van der Waals surface area (Å²) in [4.78, 5) is 33.5. The average Bonchev–Trinajstić information content (AvgIpc) is 2.95. The predicted octanol–water partition coefficient (Wildman–Crippen LogP) is -0.259. The molecule has 0 aliphatic carbocycles. The highest BCUT2D eigenvalue weighted by Gasteiger charge is 2.30. The fourth-order valence-electron chi connectivity index (χ4n) is 1.38. The van der Waals surface area contributed by atoms with Gasteiger partial charge in [-0.25, -0.2) is 4.79 Å². The van der Waals surface area contributed by atoms with Gasteiger partial charge in [0.15, 0.2) is 11.4 Å². The summed E-state index contributed by atoms with van der Waals surface area (Å²) in [6.45, 7) is 1.00. The molecule has 1 heterocycles. The van der Waals surface area contributed by atoms with Gasteiger partial charge in [-0.3, -0.25) is 9.59 Å². The minimum atomic E-state index is -2.00. The second kappa shape index (κ2) is 7.44. The Hall–Kier alpha value is -2.35. The second-order valence-corrected chi connectivity index (χ2v) is 4.69.